The van der Waals surface area contributed by atoms with Gasteiger partial charge in [0.1, 0.15) is 5.82 Å². The van der Waals surface area contributed by atoms with Crippen molar-refractivity contribution in [3.05, 3.63) is 35.1 Å². The predicted octanol–water partition coefficient (Wildman–Crippen LogP) is 4.51. The van der Waals surface area contributed by atoms with Crippen LogP contribution in [-0.2, 0) is 30.6 Å². The van der Waals surface area contributed by atoms with Gasteiger partial charge in [-0.1, -0.05) is 6.07 Å². The van der Waals surface area contributed by atoms with E-state index in [1.807, 2.05) is 55.4 Å². The van der Waals surface area contributed by atoms with Crippen LogP contribution in [0.4, 0.5) is 4.39 Å². The molecule has 0 spiro atoms. The van der Waals surface area contributed by atoms with Crippen LogP contribution in [0.15, 0.2) is 18.2 Å². The average Bonchev–Trinajstić information content (AvgIpc) is 2.92. The fourth-order valence-corrected chi connectivity index (χ4v) is 5.03. The third-order valence-electron chi connectivity index (χ3n) is 8.36. The number of hydrogen-bond donors (Lipinski definition) is 1. The van der Waals surface area contributed by atoms with Gasteiger partial charge in [-0.25, -0.2) is 4.39 Å². The molecule has 0 radical (unpaired) electrons. The molecule has 1 N–H and O–H groups in total. The van der Waals surface area contributed by atoms with E-state index in [9.17, 15) is 9.50 Å². The monoisotopic (exact) mass is 432 g/mol. The number of halogens is 1. The van der Waals surface area contributed by atoms with Gasteiger partial charge < -0.3 is 23.7 Å². The first kappa shape index (κ1) is 23.2. The molecule has 0 unspecified atom stereocenters. The Balaban J connectivity index is 1.80. The first-order valence-electron chi connectivity index (χ1n) is 11.2. The van der Waals surface area contributed by atoms with E-state index < -0.39 is 48.1 Å². The zero-order valence-corrected chi connectivity index (χ0v) is 20.2. The molecule has 8 heteroatoms. The van der Waals surface area contributed by atoms with Gasteiger partial charge in [-0.15, -0.1) is 0 Å². The van der Waals surface area contributed by atoms with Crippen molar-refractivity contribution in [1.29, 1.82) is 0 Å². The summed E-state index contributed by atoms with van der Waals surface area (Å²) >= 11 is 0. The SMILES string of the molecule is CC1(C)OB([C@@H]2Cc3cc(F)ccc3[C@](C)(O)[C@H]2B2OC(C)(C)C(C)(C)O2)OC1(C)C. The second kappa shape index (κ2) is 6.80. The lowest BCUT2D eigenvalue weighted by Gasteiger charge is -2.45. The molecule has 3 atom stereocenters. The Kier molecular flexibility index (Phi) is 5.10. The van der Waals surface area contributed by atoms with Gasteiger partial charge in [0.25, 0.3) is 0 Å². The van der Waals surface area contributed by atoms with E-state index in [4.69, 9.17) is 18.6 Å². The standard InChI is InChI=1S/C23H35B2FO5/c1-19(2)20(3,4)29-24(28-19)17-13-14-12-15(26)10-11-16(14)23(9,27)18(17)25-30-21(5,6)22(7,8)31-25/h10-12,17-18,27H,13H2,1-9H3/t17-,18+,23+/m1/s1. The maximum Gasteiger partial charge on any atom is 0.464 e. The van der Waals surface area contributed by atoms with Crippen molar-refractivity contribution in [2.45, 2.75) is 108 Å². The van der Waals surface area contributed by atoms with Gasteiger partial charge in [0.15, 0.2) is 0 Å². The quantitative estimate of drug-likeness (QED) is 0.697. The number of hydrogen-bond acceptors (Lipinski definition) is 5. The highest BCUT2D eigenvalue weighted by Gasteiger charge is 2.65. The van der Waals surface area contributed by atoms with E-state index >= 15 is 0 Å². The lowest BCUT2D eigenvalue weighted by atomic mass is 9.43. The van der Waals surface area contributed by atoms with Crippen LogP contribution < -0.4 is 0 Å². The summed E-state index contributed by atoms with van der Waals surface area (Å²) in [6.07, 6.45) is 0.495. The smallest absolute Gasteiger partial charge is 0.403 e. The second-order valence-electron chi connectivity index (χ2n) is 11.6. The van der Waals surface area contributed by atoms with Gasteiger partial charge in [-0.05, 0) is 92.0 Å². The van der Waals surface area contributed by atoms with Crippen LogP contribution in [0.1, 0.15) is 73.4 Å². The van der Waals surface area contributed by atoms with E-state index in [2.05, 4.69) is 0 Å². The molecule has 4 rings (SSSR count). The fourth-order valence-electron chi connectivity index (χ4n) is 5.03. The number of aliphatic hydroxyl groups is 1. The van der Waals surface area contributed by atoms with E-state index in [1.54, 1.807) is 13.0 Å². The van der Waals surface area contributed by atoms with Crippen LogP contribution in [0, 0.1) is 5.82 Å². The summed E-state index contributed by atoms with van der Waals surface area (Å²) in [6, 6.07) is 4.57. The Morgan fingerprint density at radius 2 is 1.26 bits per heavy atom. The normalized spacial score (nSPS) is 35.3. The van der Waals surface area contributed by atoms with Crippen molar-refractivity contribution < 1.29 is 28.1 Å². The molecule has 0 bridgehead atoms. The third kappa shape index (κ3) is 3.50. The minimum absolute atomic E-state index is 0.292. The lowest BCUT2D eigenvalue weighted by Crippen LogP contribution is -2.50. The van der Waals surface area contributed by atoms with Gasteiger partial charge >= 0.3 is 14.2 Å². The summed E-state index contributed by atoms with van der Waals surface area (Å²) in [6.45, 7) is 17.8. The van der Waals surface area contributed by atoms with Crippen LogP contribution in [0.2, 0.25) is 11.6 Å². The summed E-state index contributed by atoms with van der Waals surface area (Å²) in [5.74, 6) is -1.09. The molecule has 0 amide bonds. The predicted molar refractivity (Wildman–Crippen MR) is 119 cm³/mol. The Labute approximate surface area is 186 Å². The molecule has 3 aliphatic rings. The van der Waals surface area contributed by atoms with E-state index in [1.165, 1.54) is 12.1 Å². The minimum atomic E-state index is -1.32. The Morgan fingerprint density at radius 3 is 1.74 bits per heavy atom. The van der Waals surface area contributed by atoms with Crippen molar-refractivity contribution in [3.8, 4) is 0 Å². The van der Waals surface area contributed by atoms with Crippen molar-refractivity contribution in [1.82, 2.24) is 0 Å². The topological polar surface area (TPSA) is 57.2 Å². The Morgan fingerprint density at radius 1 is 0.806 bits per heavy atom. The first-order chi connectivity index (χ1) is 14.0. The summed E-state index contributed by atoms with van der Waals surface area (Å²) in [7, 11) is -1.25. The fraction of sp³-hybridized carbons (Fsp3) is 0.739. The number of rotatable bonds is 2. The van der Waals surface area contributed by atoms with Gasteiger partial charge in [-0.3, -0.25) is 0 Å². The molecule has 2 aliphatic heterocycles. The largest absolute Gasteiger partial charge is 0.464 e. The van der Waals surface area contributed by atoms with Crippen molar-refractivity contribution >= 4 is 14.2 Å². The summed E-state index contributed by atoms with van der Waals surface area (Å²) in [5, 5.41) is 11.9. The van der Waals surface area contributed by atoms with E-state index in [0.29, 0.717) is 12.0 Å². The zero-order valence-electron chi connectivity index (χ0n) is 20.2. The summed E-state index contributed by atoms with van der Waals surface area (Å²) in [5.41, 5.74) is -2.00. The minimum Gasteiger partial charge on any atom is -0.403 e. The van der Waals surface area contributed by atoms with Crippen molar-refractivity contribution in [2.75, 3.05) is 0 Å². The van der Waals surface area contributed by atoms with Gasteiger partial charge in [-0.2, -0.15) is 0 Å². The molecule has 0 aromatic heterocycles. The molecule has 31 heavy (non-hydrogen) atoms. The number of fused-ring (bicyclic) bond motifs is 1. The van der Waals surface area contributed by atoms with Gasteiger partial charge in [0, 0.05) is 11.6 Å². The zero-order chi connectivity index (χ0) is 23.2. The summed E-state index contributed by atoms with van der Waals surface area (Å²) < 4.78 is 39.7. The van der Waals surface area contributed by atoms with Crippen LogP contribution in [0.25, 0.3) is 0 Å². The van der Waals surface area contributed by atoms with E-state index in [0.717, 1.165) is 5.56 Å². The molecule has 2 saturated heterocycles. The molecule has 1 aliphatic carbocycles. The van der Waals surface area contributed by atoms with E-state index in [-0.39, 0.29) is 11.6 Å². The molecule has 1 aromatic rings. The highest BCUT2D eigenvalue weighted by Crippen LogP contribution is 2.57. The van der Waals surface area contributed by atoms with Gasteiger partial charge in [0.05, 0.1) is 28.0 Å². The van der Waals surface area contributed by atoms with Crippen LogP contribution in [0.3, 0.4) is 0 Å². The highest BCUT2D eigenvalue weighted by atomic mass is 19.1. The van der Waals surface area contributed by atoms with Crippen LogP contribution in [0.5, 0.6) is 0 Å². The molecule has 5 nitrogen and oxygen atoms in total. The Bertz CT molecular complexity index is 851. The van der Waals surface area contributed by atoms with Crippen molar-refractivity contribution in [3.63, 3.8) is 0 Å². The molecule has 2 fully saturated rings. The second-order valence-corrected chi connectivity index (χ2v) is 11.6. The molecule has 1 aromatic carbocycles. The Hall–Kier alpha value is -0.920. The average molecular weight is 432 g/mol. The van der Waals surface area contributed by atoms with Crippen LogP contribution in [-0.4, -0.2) is 41.7 Å². The maximum absolute atomic E-state index is 14.1. The first-order valence-corrected chi connectivity index (χ1v) is 11.2. The highest BCUT2D eigenvalue weighted by molar-refractivity contribution is 6.55. The molecule has 0 saturated carbocycles. The molecular weight excluding hydrogens is 397 g/mol. The molecule has 170 valence electrons. The molecular formula is C23H35B2FO5. The van der Waals surface area contributed by atoms with Crippen molar-refractivity contribution in [2.24, 2.45) is 0 Å². The summed E-state index contributed by atoms with van der Waals surface area (Å²) in [4.78, 5) is 0. The number of benzene rings is 1. The lowest BCUT2D eigenvalue weighted by molar-refractivity contribution is 0.00578. The maximum atomic E-state index is 14.1. The van der Waals surface area contributed by atoms with Crippen LogP contribution >= 0.6 is 0 Å². The third-order valence-corrected chi connectivity index (χ3v) is 8.36. The van der Waals surface area contributed by atoms with Gasteiger partial charge in [0.2, 0.25) is 0 Å². The molecule has 2 heterocycles.